The zero-order valence-electron chi connectivity index (χ0n) is 81.8. The van der Waals surface area contributed by atoms with Crippen molar-refractivity contribution in [3.8, 4) is 0 Å². The Morgan fingerprint density at radius 3 is 0.655 bits per heavy atom. The van der Waals surface area contributed by atoms with Gasteiger partial charge in [0.05, 0.1) is 199 Å². The number of rotatable bonds is 36. The molecule has 8 atom stereocenters. The number of halogens is 12. The average Bonchev–Trinajstić information content (AvgIpc) is 1.28. The summed E-state index contributed by atoms with van der Waals surface area (Å²) in [4.78, 5) is 143. The van der Waals surface area contributed by atoms with Crippen molar-refractivity contribution in [2.45, 2.75) is 128 Å². The van der Waals surface area contributed by atoms with Gasteiger partial charge in [-0.3, -0.25) is 38.4 Å². The molecule has 16 heterocycles. The minimum absolute atomic E-state index is 0.0589. The molecule has 0 saturated carbocycles. The molecule has 8 aromatic rings. The number of nitrogens with zero attached hydrogens (tertiary/aromatic N) is 20. The summed E-state index contributed by atoms with van der Waals surface area (Å²) >= 11 is 0. The number of ether oxygens (including phenoxy) is 8. The highest BCUT2D eigenvalue weighted by Gasteiger charge is 2.39. The predicted octanol–water partition coefficient (Wildman–Crippen LogP) is 5.84. The van der Waals surface area contributed by atoms with Gasteiger partial charge in [-0.1, -0.05) is 0 Å². The highest BCUT2D eigenvalue weighted by atomic mass is 19.4. The minimum atomic E-state index is -4.48. The first kappa shape index (κ1) is 112. The first-order chi connectivity index (χ1) is 70.9. The molecule has 0 radical (unpaired) electrons. The summed E-state index contributed by atoms with van der Waals surface area (Å²) < 4.78 is 198. The van der Waals surface area contributed by atoms with Gasteiger partial charge in [-0.05, 0) is 53.4 Å². The summed E-state index contributed by atoms with van der Waals surface area (Å²) in [6.07, 6.45) is -1.24. The molecule has 148 heavy (non-hydrogen) atoms. The predicted molar refractivity (Wildman–Crippen MR) is 509 cm³/mol. The molecular weight excluding hydrogens is 1980 g/mol. The second-order valence-electron chi connectivity index (χ2n) is 36.3. The number of hydrogen-bond donors (Lipinski definition) is 8. The van der Waals surface area contributed by atoms with E-state index in [-0.39, 0.29) is 170 Å². The van der Waals surface area contributed by atoms with Gasteiger partial charge in [-0.15, -0.1) is 0 Å². The molecule has 44 nitrogen and oxygen atoms in total. The Labute approximate surface area is 840 Å². The van der Waals surface area contributed by atoms with E-state index in [2.05, 4.69) is 102 Å². The van der Waals surface area contributed by atoms with Crippen molar-refractivity contribution >= 4 is 70.2 Å². The van der Waals surface area contributed by atoms with Crippen LogP contribution in [0.1, 0.15) is 95.9 Å². The molecule has 808 valence electrons. The molecule has 8 fully saturated rings. The highest BCUT2D eigenvalue weighted by Crippen LogP contribution is 2.35. The number of aromatic amines is 4. The summed E-state index contributed by atoms with van der Waals surface area (Å²) in [5.41, 5.74) is 0.0565. The van der Waals surface area contributed by atoms with E-state index >= 15 is 0 Å². The summed E-state index contributed by atoms with van der Waals surface area (Å²) in [5.74, 6) is 1.43. The van der Waals surface area contributed by atoms with Crippen LogP contribution in [0, 0.1) is 51.4 Å². The summed E-state index contributed by atoms with van der Waals surface area (Å²) in [7, 11) is 0. The smallest absolute Gasteiger partial charge is 0.381 e. The summed E-state index contributed by atoms with van der Waals surface area (Å²) in [6, 6.07) is -0.418. The van der Waals surface area contributed by atoms with Crippen molar-refractivity contribution < 1.29 is 110 Å². The molecule has 8 aliphatic heterocycles. The Morgan fingerprint density at radius 2 is 0.493 bits per heavy atom. The van der Waals surface area contributed by atoms with E-state index in [9.17, 15) is 91.0 Å². The standard InChI is InChI=1S/4C23H30F3N7O4/c4*1-15-18(12-29-31-21(15)35)30-19(16-2-8-36-13-16)14-37-9-3-20(34)32-4-6-33(7-5-32)22-27-10-17(11-28-22)23(24,25)26/h4*10-12,16,19H,2-9,13-14H2,1H3,(H2,30,31,35)/t2*16-,19+;2*16-,19-/m1010/s1. The second kappa shape index (κ2) is 53.2. The maximum Gasteiger partial charge on any atom is 0.419 e. The van der Waals surface area contributed by atoms with Crippen LogP contribution in [0.25, 0.3) is 0 Å². The number of hydrogen-bond acceptors (Lipinski definition) is 36. The van der Waals surface area contributed by atoms with Crippen molar-refractivity contribution in [2.24, 2.45) is 23.7 Å². The number of H-pyrrole nitrogens is 4. The van der Waals surface area contributed by atoms with Crippen LogP contribution in [0.2, 0.25) is 0 Å². The quantitative estimate of drug-likeness (QED) is 0.0169. The largest absolute Gasteiger partial charge is 0.419 e. The Kier molecular flexibility index (Phi) is 40.3. The van der Waals surface area contributed by atoms with Crippen molar-refractivity contribution in [2.75, 3.05) is 251 Å². The van der Waals surface area contributed by atoms with Crippen LogP contribution < -0.4 is 63.1 Å². The van der Waals surface area contributed by atoms with Gasteiger partial charge in [-0.25, -0.2) is 60.3 Å². The van der Waals surface area contributed by atoms with E-state index in [0.29, 0.717) is 229 Å². The average molecular weight is 2100 g/mol. The van der Waals surface area contributed by atoms with Gasteiger partial charge < -0.3 is 98.4 Å². The molecule has 8 aromatic heterocycles. The van der Waals surface area contributed by atoms with Gasteiger partial charge in [-0.2, -0.15) is 73.1 Å². The van der Waals surface area contributed by atoms with Crippen LogP contribution in [0.15, 0.2) is 93.5 Å². The van der Waals surface area contributed by atoms with Crippen LogP contribution in [0.3, 0.4) is 0 Å². The number of aromatic nitrogens is 16. The fourth-order valence-electron chi connectivity index (χ4n) is 17.1. The van der Waals surface area contributed by atoms with E-state index < -0.39 is 47.0 Å². The lowest BCUT2D eigenvalue weighted by atomic mass is 9.99. The fraction of sp³-hybridized carbons (Fsp3) is 0.609. The molecule has 8 N–H and O–H groups in total. The molecule has 0 spiro atoms. The molecule has 4 amide bonds. The Hall–Kier alpha value is -13.0. The molecule has 0 bridgehead atoms. The lowest BCUT2D eigenvalue weighted by Gasteiger charge is -2.34. The monoisotopic (exact) mass is 2100 g/mol. The van der Waals surface area contributed by atoms with Crippen LogP contribution >= 0.6 is 0 Å². The third-order valence-electron chi connectivity index (χ3n) is 26.5. The van der Waals surface area contributed by atoms with Gasteiger partial charge in [0.1, 0.15) is 0 Å². The van der Waals surface area contributed by atoms with Crippen molar-refractivity contribution in [3.05, 3.63) is 160 Å². The summed E-state index contributed by atoms with van der Waals surface area (Å²) in [5, 5.41) is 38.4. The Balaban J connectivity index is 0.000000165. The van der Waals surface area contributed by atoms with E-state index in [1.54, 1.807) is 91.7 Å². The fourth-order valence-corrected chi connectivity index (χ4v) is 17.1. The van der Waals surface area contributed by atoms with Crippen LogP contribution in [0.5, 0.6) is 0 Å². The number of nitrogens with one attached hydrogen (secondary N) is 8. The molecular formula is C92H120F12N28O16. The maximum atomic E-state index is 12.7. The number of amides is 4. The molecule has 16 rings (SSSR count). The number of anilines is 8. The van der Waals surface area contributed by atoms with Crippen LogP contribution in [-0.4, -0.2) is 358 Å². The first-order valence-corrected chi connectivity index (χ1v) is 48.4. The van der Waals surface area contributed by atoms with E-state index in [1.807, 2.05) is 0 Å². The Morgan fingerprint density at radius 1 is 0.311 bits per heavy atom. The van der Waals surface area contributed by atoms with Gasteiger partial charge >= 0.3 is 24.7 Å². The SMILES string of the molecule is Cc1c(N[C@@H](COCCC(=O)N2CCN(c3ncc(C(F)(F)F)cn3)CC2)[C@@H]2CCOC2)cn[nH]c1=O.Cc1c(N[C@@H](COCCC(=O)N2CCN(c3ncc(C(F)(F)F)cn3)CC2)[C@H]2CCOC2)cn[nH]c1=O.Cc1c(N[C@H](COCCC(=O)N2CCN(c3ncc(C(F)(F)F)cn3)CC2)[C@@H]2CCOC2)cn[nH]c1=O.Cc1c(N[C@H](COCCC(=O)N2CCN(c3ncc(C(F)(F)F)cn3)CC2)[C@H]2CCOC2)cn[nH]c1=O. The molecule has 0 unspecified atom stereocenters. The van der Waals surface area contributed by atoms with E-state index in [4.69, 9.17) is 37.9 Å². The second-order valence-corrected chi connectivity index (χ2v) is 36.3. The molecule has 0 aromatic carbocycles. The molecule has 8 saturated heterocycles. The third kappa shape index (κ3) is 32.5. The number of carbonyl (C=O) groups is 4. The molecule has 0 aliphatic carbocycles. The number of piperazine rings is 4. The summed E-state index contributed by atoms with van der Waals surface area (Å²) in [6.45, 7) is 20.9. The molecule has 56 heteroatoms. The van der Waals surface area contributed by atoms with Gasteiger partial charge in [0.15, 0.2) is 0 Å². The van der Waals surface area contributed by atoms with E-state index in [1.165, 1.54) is 0 Å². The normalized spacial score (nSPS) is 19.2. The van der Waals surface area contributed by atoms with Crippen LogP contribution in [-0.2, 0) is 81.8 Å². The van der Waals surface area contributed by atoms with Crippen molar-refractivity contribution in [3.63, 3.8) is 0 Å². The first-order valence-electron chi connectivity index (χ1n) is 48.4. The van der Waals surface area contributed by atoms with Crippen molar-refractivity contribution in [1.29, 1.82) is 0 Å². The van der Waals surface area contributed by atoms with Crippen molar-refractivity contribution in [1.82, 2.24) is 100 Å². The lowest BCUT2D eigenvalue weighted by Crippen LogP contribution is -2.49. The lowest BCUT2D eigenvalue weighted by molar-refractivity contribution is -0.138. The Bertz CT molecular complexity index is 5100. The minimum Gasteiger partial charge on any atom is -0.381 e. The van der Waals surface area contributed by atoms with Crippen LogP contribution in [0.4, 0.5) is 99.2 Å². The zero-order valence-corrected chi connectivity index (χ0v) is 81.8. The van der Waals surface area contributed by atoms with Gasteiger partial charge in [0.2, 0.25) is 47.4 Å². The number of alkyl halides is 12. The topological polar surface area (TPSA) is 502 Å². The van der Waals surface area contributed by atoms with E-state index in [0.717, 1.165) is 75.3 Å². The van der Waals surface area contributed by atoms with Gasteiger partial charge in [0, 0.05) is 227 Å². The third-order valence-corrected chi connectivity index (χ3v) is 26.5. The zero-order chi connectivity index (χ0) is 106. The highest BCUT2D eigenvalue weighted by molar-refractivity contribution is 5.78. The number of carbonyl (C=O) groups excluding carboxylic acids is 4. The van der Waals surface area contributed by atoms with Gasteiger partial charge in [0.25, 0.3) is 22.2 Å². The maximum absolute atomic E-state index is 12.7. The molecule has 8 aliphatic rings.